The molecule has 0 fully saturated rings. The topological polar surface area (TPSA) is 86.9 Å². The van der Waals surface area contributed by atoms with Crippen LogP contribution in [0.5, 0.6) is 0 Å². The van der Waals surface area contributed by atoms with Gasteiger partial charge in [-0.1, -0.05) is 17.7 Å². The first kappa shape index (κ1) is 11.3. The molecule has 4 N–H and O–H groups in total. The summed E-state index contributed by atoms with van der Waals surface area (Å²) < 4.78 is 1.61. The quantitative estimate of drug-likeness (QED) is 0.815. The minimum absolute atomic E-state index is 0.383. The third-order valence-corrected chi connectivity index (χ3v) is 2.57. The van der Waals surface area contributed by atoms with Gasteiger partial charge in [0.1, 0.15) is 0 Å². The van der Waals surface area contributed by atoms with Crippen LogP contribution in [0.3, 0.4) is 0 Å². The second-order valence-corrected chi connectivity index (χ2v) is 3.87. The van der Waals surface area contributed by atoms with Crippen LogP contribution in [-0.2, 0) is 6.54 Å². The van der Waals surface area contributed by atoms with E-state index in [2.05, 4.69) is 5.10 Å². The zero-order valence-electron chi connectivity index (χ0n) is 9.55. The van der Waals surface area contributed by atoms with Gasteiger partial charge in [-0.2, -0.15) is 5.10 Å². The number of hydrogen-bond acceptors (Lipinski definition) is 3. The normalized spacial score (nSPS) is 10.5. The van der Waals surface area contributed by atoms with Crippen molar-refractivity contribution in [3.05, 3.63) is 47.3 Å². The Kier molecular flexibility index (Phi) is 2.93. The van der Waals surface area contributed by atoms with Gasteiger partial charge in [-0.25, -0.2) is 4.68 Å². The van der Waals surface area contributed by atoms with Gasteiger partial charge >= 0.3 is 0 Å². The average molecular weight is 230 g/mol. The van der Waals surface area contributed by atoms with Gasteiger partial charge < -0.3 is 11.5 Å². The monoisotopic (exact) mass is 230 g/mol. The molecule has 1 heterocycles. The highest BCUT2D eigenvalue weighted by molar-refractivity contribution is 5.92. The van der Waals surface area contributed by atoms with Crippen LogP contribution in [0.1, 0.15) is 21.5 Å². The van der Waals surface area contributed by atoms with Crippen LogP contribution in [0.25, 0.3) is 5.69 Å². The molecule has 17 heavy (non-hydrogen) atoms. The van der Waals surface area contributed by atoms with E-state index >= 15 is 0 Å². The maximum Gasteiger partial charge on any atom is 0.251 e. The molecule has 1 amide bonds. The van der Waals surface area contributed by atoms with Crippen molar-refractivity contribution in [1.29, 1.82) is 0 Å². The SMILES string of the molecule is Cc1ccc(-n2cc(C(N)=O)cn2)c(CN)c1. The van der Waals surface area contributed by atoms with E-state index in [4.69, 9.17) is 11.5 Å². The standard InChI is InChI=1S/C12H14N4O/c1-8-2-3-11(9(4-8)5-13)16-7-10(6-15-16)12(14)17/h2-4,6-7H,5,13H2,1H3,(H2,14,17). The fourth-order valence-electron chi connectivity index (χ4n) is 1.68. The van der Waals surface area contributed by atoms with Gasteiger partial charge in [0.25, 0.3) is 5.91 Å². The van der Waals surface area contributed by atoms with Gasteiger partial charge in [-0.3, -0.25) is 4.79 Å². The molecule has 0 aliphatic heterocycles. The number of nitrogens with zero attached hydrogens (tertiary/aromatic N) is 2. The number of aryl methyl sites for hydroxylation is 1. The van der Waals surface area contributed by atoms with E-state index in [0.29, 0.717) is 12.1 Å². The van der Waals surface area contributed by atoms with Crippen molar-refractivity contribution in [3.63, 3.8) is 0 Å². The van der Waals surface area contributed by atoms with Gasteiger partial charge in [-0.15, -0.1) is 0 Å². The Labute approximate surface area is 99.0 Å². The highest BCUT2D eigenvalue weighted by atomic mass is 16.1. The van der Waals surface area contributed by atoms with Crippen LogP contribution < -0.4 is 11.5 Å². The molecule has 5 nitrogen and oxygen atoms in total. The largest absolute Gasteiger partial charge is 0.366 e. The summed E-state index contributed by atoms with van der Waals surface area (Å²) in [6.07, 6.45) is 3.05. The number of carbonyl (C=O) groups is 1. The van der Waals surface area contributed by atoms with E-state index < -0.39 is 5.91 Å². The summed E-state index contributed by atoms with van der Waals surface area (Å²) >= 11 is 0. The van der Waals surface area contributed by atoms with Crippen LogP contribution in [0.15, 0.2) is 30.6 Å². The molecule has 5 heteroatoms. The zero-order valence-corrected chi connectivity index (χ0v) is 9.55. The molecule has 0 saturated heterocycles. The fourth-order valence-corrected chi connectivity index (χ4v) is 1.68. The highest BCUT2D eigenvalue weighted by Crippen LogP contribution is 2.16. The Morgan fingerprint density at radius 2 is 2.24 bits per heavy atom. The smallest absolute Gasteiger partial charge is 0.251 e. The number of benzene rings is 1. The molecule has 0 radical (unpaired) electrons. The summed E-state index contributed by atoms with van der Waals surface area (Å²) in [4.78, 5) is 11.0. The van der Waals surface area contributed by atoms with E-state index in [0.717, 1.165) is 16.8 Å². The Bertz CT molecular complexity index is 559. The first-order valence-corrected chi connectivity index (χ1v) is 5.26. The second-order valence-electron chi connectivity index (χ2n) is 3.87. The van der Waals surface area contributed by atoms with Crippen LogP contribution in [0, 0.1) is 6.92 Å². The Morgan fingerprint density at radius 1 is 1.47 bits per heavy atom. The maximum absolute atomic E-state index is 11.0. The Morgan fingerprint density at radius 3 is 2.82 bits per heavy atom. The lowest BCUT2D eigenvalue weighted by Crippen LogP contribution is -2.10. The van der Waals surface area contributed by atoms with Gasteiger partial charge in [0.2, 0.25) is 0 Å². The van der Waals surface area contributed by atoms with E-state index in [1.165, 1.54) is 6.20 Å². The van der Waals surface area contributed by atoms with Crippen molar-refractivity contribution in [2.75, 3.05) is 0 Å². The molecule has 0 atom stereocenters. The average Bonchev–Trinajstić information content (AvgIpc) is 2.78. The molecule has 1 aromatic carbocycles. The number of carbonyl (C=O) groups excluding carboxylic acids is 1. The highest BCUT2D eigenvalue weighted by Gasteiger charge is 2.08. The predicted octanol–water partition coefficient (Wildman–Crippen LogP) is 0.738. The van der Waals surface area contributed by atoms with Crippen molar-refractivity contribution in [3.8, 4) is 5.69 Å². The molecule has 1 aromatic heterocycles. The van der Waals surface area contributed by atoms with Crippen LogP contribution in [0.2, 0.25) is 0 Å². The lowest BCUT2D eigenvalue weighted by Gasteiger charge is -2.08. The lowest BCUT2D eigenvalue weighted by atomic mass is 10.1. The fraction of sp³-hybridized carbons (Fsp3) is 0.167. The zero-order chi connectivity index (χ0) is 12.4. The van der Waals surface area contributed by atoms with E-state index in [1.54, 1.807) is 10.9 Å². The predicted molar refractivity (Wildman–Crippen MR) is 64.7 cm³/mol. The van der Waals surface area contributed by atoms with Gasteiger partial charge in [-0.05, 0) is 18.6 Å². The summed E-state index contributed by atoms with van der Waals surface area (Å²) in [7, 11) is 0. The van der Waals surface area contributed by atoms with Crippen molar-refractivity contribution < 1.29 is 4.79 Å². The number of rotatable bonds is 3. The molecule has 88 valence electrons. The van der Waals surface area contributed by atoms with Crippen LogP contribution in [-0.4, -0.2) is 15.7 Å². The van der Waals surface area contributed by atoms with E-state index in [1.807, 2.05) is 25.1 Å². The number of nitrogens with two attached hydrogens (primary N) is 2. The van der Waals surface area contributed by atoms with E-state index in [9.17, 15) is 4.79 Å². The van der Waals surface area contributed by atoms with E-state index in [-0.39, 0.29) is 0 Å². The lowest BCUT2D eigenvalue weighted by molar-refractivity contribution is 0.100. The Balaban J connectivity index is 2.48. The Hall–Kier alpha value is -2.14. The van der Waals surface area contributed by atoms with Crippen LogP contribution >= 0.6 is 0 Å². The molecular formula is C12H14N4O. The van der Waals surface area contributed by atoms with Crippen LogP contribution in [0.4, 0.5) is 0 Å². The van der Waals surface area contributed by atoms with Crippen molar-refractivity contribution >= 4 is 5.91 Å². The second kappa shape index (κ2) is 4.39. The molecule has 2 aromatic rings. The minimum atomic E-state index is -0.488. The summed E-state index contributed by atoms with van der Waals surface area (Å²) in [5.41, 5.74) is 14.2. The molecule has 0 saturated carbocycles. The maximum atomic E-state index is 11.0. The number of aromatic nitrogens is 2. The molecule has 0 unspecified atom stereocenters. The van der Waals surface area contributed by atoms with Crippen molar-refractivity contribution in [2.24, 2.45) is 11.5 Å². The molecular weight excluding hydrogens is 216 g/mol. The summed E-state index contributed by atoms with van der Waals surface area (Å²) in [5.74, 6) is -0.488. The van der Waals surface area contributed by atoms with Crippen molar-refractivity contribution in [1.82, 2.24) is 9.78 Å². The molecule has 0 spiro atoms. The molecule has 0 bridgehead atoms. The summed E-state index contributed by atoms with van der Waals surface area (Å²) in [6.45, 7) is 2.42. The van der Waals surface area contributed by atoms with Crippen molar-refractivity contribution in [2.45, 2.75) is 13.5 Å². The molecule has 0 aliphatic carbocycles. The minimum Gasteiger partial charge on any atom is -0.366 e. The number of amides is 1. The number of primary amides is 1. The summed E-state index contributed by atoms with van der Waals surface area (Å²) in [6, 6.07) is 5.90. The summed E-state index contributed by atoms with van der Waals surface area (Å²) in [5, 5.41) is 4.11. The first-order valence-electron chi connectivity index (χ1n) is 5.26. The third-order valence-electron chi connectivity index (χ3n) is 2.57. The van der Waals surface area contributed by atoms with Gasteiger partial charge in [0.05, 0.1) is 17.4 Å². The van der Waals surface area contributed by atoms with Gasteiger partial charge in [0, 0.05) is 12.7 Å². The van der Waals surface area contributed by atoms with Gasteiger partial charge in [0.15, 0.2) is 0 Å². The number of hydrogen-bond donors (Lipinski definition) is 2. The third kappa shape index (κ3) is 2.19. The molecule has 0 aliphatic rings. The molecule has 2 rings (SSSR count). The first-order chi connectivity index (χ1) is 8.11.